The number of rotatable bonds is 16. The molecule has 3 rings (SSSR count). The van der Waals surface area contributed by atoms with Crippen molar-refractivity contribution in [2.75, 3.05) is 21.0 Å². The fraction of sp³-hybridized carbons (Fsp3) is 0.545. The van der Waals surface area contributed by atoms with Gasteiger partial charge in [0.25, 0.3) is 0 Å². The Bertz CT molecular complexity index is 1050. The van der Waals surface area contributed by atoms with E-state index in [2.05, 4.69) is 0 Å². The molecule has 0 bridgehead atoms. The lowest BCUT2D eigenvalue weighted by Crippen LogP contribution is -2.53. The van der Waals surface area contributed by atoms with E-state index in [1.807, 2.05) is 81.4 Å². The van der Waals surface area contributed by atoms with Gasteiger partial charge in [-0.1, -0.05) is 62.4 Å². The Labute approximate surface area is 239 Å². The topological polar surface area (TPSA) is 72.5 Å². The van der Waals surface area contributed by atoms with Gasteiger partial charge in [-0.05, 0) is 56.0 Å². The van der Waals surface area contributed by atoms with Gasteiger partial charge in [0.05, 0.1) is 38.6 Å². The quantitative estimate of drug-likeness (QED) is 0.131. The van der Waals surface area contributed by atoms with Gasteiger partial charge in [-0.2, -0.15) is 0 Å². The molecule has 0 spiro atoms. The van der Waals surface area contributed by atoms with Crippen LogP contribution < -0.4 is 4.74 Å². The molecule has 4 atom stereocenters. The fourth-order valence-corrected chi connectivity index (χ4v) is 5.03. The molecule has 220 valence electrons. The number of ether oxygens (including phenoxy) is 6. The van der Waals surface area contributed by atoms with E-state index < -0.39 is 11.2 Å². The minimum absolute atomic E-state index is 0.000796. The van der Waals surface area contributed by atoms with E-state index in [-0.39, 0.29) is 30.9 Å². The van der Waals surface area contributed by atoms with Crippen molar-refractivity contribution >= 4 is 5.78 Å². The van der Waals surface area contributed by atoms with Crippen LogP contribution in [0.2, 0.25) is 0 Å². The Morgan fingerprint density at radius 2 is 1.75 bits per heavy atom. The zero-order chi connectivity index (χ0) is 29.0. The number of carbonyl (C=O) groups excluding carboxylic acids is 1. The van der Waals surface area contributed by atoms with Crippen molar-refractivity contribution in [2.45, 2.75) is 90.7 Å². The highest BCUT2D eigenvalue weighted by atomic mass is 16.7. The van der Waals surface area contributed by atoms with Gasteiger partial charge in [0.1, 0.15) is 12.5 Å². The molecular formula is C33H46O7. The van der Waals surface area contributed by atoms with E-state index in [1.54, 1.807) is 27.2 Å². The first-order valence-electron chi connectivity index (χ1n) is 14.1. The molecule has 2 aromatic carbocycles. The smallest absolute Gasteiger partial charge is 0.176 e. The molecule has 0 N–H and O–H groups in total. The molecule has 0 unspecified atom stereocenters. The molecule has 40 heavy (non-hydrogen) atoms. The normalized spacial score (nSPS) is 21.3. The zero-order valence-electron chi connectivity index (χ0n) is 24.9. The number of allylic oxidation sites excluding steroid dienone is 1. The van der Waals surface area contributed by atoms with E-state index >= 15 is 0 Å². The first kappa shape index (κ1) is 32.0. The molecule has 0 saturated carbocycles. The van der Waals surface area contributed by atoms with Crippen molar-refractivity contribution in [3.05, 3.63) is 77.9 Å². The lowest BCUT2D eigenvalue weighted by molar-refractivity contribution is -0.312. The molecule has 1 aliphatic rings. The van der Waals surface area contributed by atoms with Crippen LogP contribution in [-0.4, -0.2) is 50.9 Å². The maximum absolute atomic E-state index is 11.6. The predicted octanol–water partition coefficient (Wildman–Crippen LogP) is 6.63. The van der Waals surface area contributed by atoms with E-state index in [1.165, 1.54) is 0 Å². The number of benzene rings is 2. The maximum atomic E-state index is 11.6. The number of hydrogen-bond donors (Lipinski definition) is 0. The third kappa shape index (κ3) is 9.25. The maximum Gasteiger partial charge on any atom is 0.176 e. The van der Waals surface area contributed by atoms with E-state index in [0.717, 1.165) is 36.1 Å². The molecule has 0 amide bonds. The summed E-state index contributed by atoms with van der Waals surface area (Å²) in [5.74, 6) is -0.0367. The highest BCUT2D eigenvalue weighted by Gasteiger charge is 2.49. The van der Waals surface area contributed by atoms with Crippen LogP contribution in [-0.2, 0) is 41.7 Å². The number of ketones is 1. The predicted molar refractivity (Wildman–Crippen MR) is 155 cm³/mol. The minimum atomic E-state index is -0.842. The molecular weight excluding hydrogens is 508 g/mol. The van der Waals surface area contributed by atoms with Gasteiger partial charge >= 0.3 is 0 Å². The summed E-state index contributed by atoms with van der Waals surface area (Å²) in [7, 11) is 3.33. The van der Waals surface area contributed by atoms with Crippen molar-refractivity contribution < 1.29 is 33.2 Å². The van der Waals surface area contributed by atoms with Crippen molar-refractivity contribution in [1.29, 1.82) is 0 Å². The van der Waals surface area contributed by atoms with E-state index in [9.17, 15) is 4.79 Å². The Morgan fingerprint density at radius 1 is 1.05 bits per heavy atom. The van der Waals surface area contributed by atoms with Crippen molar-refractivity contribution in [1.82, 2.24) is 0 Å². The van der Waals surface area contributed by atoms with Gasteiger partial charge in [0, 0.05) is 25.4 Å². The van der Waals surface area contributed by atoms with Gasteiger partial charge in [-0.25, -0.2) is 0 Å². The van der Waals surface area contributed by atoms with E-state index in [0.29, 0.717) is 19.6 Å². The zero-order valence-corrected chi connectivity index (χ0v) is 24.9. The summed E-state index contributed by atoms with van der Waals surface area (Å²) < 4.78 is 36.3. The summed E-state index contributed by atoms with van der Waals surface area (Å²) in [6, 6.07) is 17.9. The molecule has 1 fully saturated rings. The second-order valence-corrected chi connectivity index (χ2v) is 11.0. The van der Waals surface area contributed by atoms with Gasteiger partial charge in [0.2, 0.25) is 0 Å². The average Bonchev–Trinajstić information content (AvgIpc) is 2.97. The van der Waals surface area contributed by atoms with Crippen molar-refractivity contribution in [3.8, 4) is 5.75 Å². The lowest BCUT2D eigenvalue weighted by Gasteiger charge is -2.49. The molecule has 2 aromatic rings. The second-order valence-electron chi connectivity index (χ2n) is 11.0. The molecule has 7 nitrogen and oxygen atoms in total. The van der Waals surface area contributed by atoms with Crippen LogP contribution in [0.25, 0.3) is 0 Å². The third-order valence-corrected chi connectivity index (χ3v) is 7.60. The molecule has 0 aliphatic carbocycles. The molecule has 1 heterocycles. The first-order chi connectivity index (χ1) is 19.2. The number of carbonyl (C=O) groups is 1. The molecule has 0 aromatic heterocycles. The average molecular weight is 555 g/mol. The summed E-state index contributed by atoms with van der Waals surface area (Å²) >= 11 is 0. The van der Waals surface area contributed by atoms with Crippen LogP contribution in [0.1, 0.15) is 64.5 Å². The Kier molecular flexibility index (Phi) is 12.3. The van der Waals surface area contributed by atoms with Crippen LogP contribution >= 0.6 is 0 Å². The number of methoxy groups -OCH3 is 2. The summed E-state index contributed by atoms with van der Waals surface area (Å²) in [6.07, 6.45) is 6.12. The number of hydrogen-bond acceptors (Lipinski definition) is 7. The Balaban J connectivity index is 1.68. The monoisotopic (exact) mass is 554 g/mol. The van der Waals surface area contributed by atoms with Crippen LogP contribution in [0.5, 0.6) is 5.75 Å². The lowest BCUT2D eigenvalue weighted by atomic mass is 9.77. The summed E-state index contributed by atoms with van der Waals surface area (Å²) in [6.45, 7) is 8.73. The van der Waals surface area contributed by atoms with Crippen molar-refractivity contribution in [2.24, 2.45) is 5.41 Å². The summed E-state index contributed by atoms with van der Waals surface area (Å²) in [4.78, 5) is 11.6. The first-order valence-corrected chi connectivity index (χ1v) is 14.1. The SMILES string of the molecule is COc1ccc(CO[C@H](C[C@@H]2CCC[C@](OC)(C(C)(C)/C=C/C(C)=O)O2)[C@@H](C)OCOCc2ccccc2)cc1. The Hall–Kier alpha value is -2.55. The largest absolute Gasteiger partial charge is 0.497 e. The summed E-state index contributed by atoms with van der Waals surface area (Å²) in [5.41, 5.74) is 1.64. The second kappa shape index (κ2) is 15.5. The highest BCUT2D eigenvalue weighted by molar-refractivity contribution is 5.87. The van der Waals surface area contributed by atoms with Gasteiger partial charge in [-0.3, -0.25) is 4.79 Å². The molecule has 1 aliphatic heterocycles. The summed E-state index contributed by atoms with van der Waals surface area (Å²) in [5, 5.41) is 0. The molecule has 7 heteroatoms. The van der Waals surface area contributed by atoms with Crippen LogP contribution in [0.4, 0.5) is 0 Å². The van der Waals surface area contributed by atoms with Crippen LogP contribution in [0.15, 0.2) is 66.7 Å². The fourth-order valence-electron chi connectivity index (χ4n) is 5.03. The highest BCUT2D eigenvalue weighted by Crippen LogP contribution is 2.45. The Morgan fingerprint density at radius 3 is 2.40 bits per heavy atom. The van der Waals surface area contributed by atoms with Gasteiger partial charge < -0.3 is 28.4 Å². The molecule has 1 saturated heterocycles. The molecule has 0 radical (unpaired) electrons. The van der Waals surface area contributed by atoms with Gasteiger partial charge in [-0.15, -0.1) is 0 Å². The van der Waals surface area contributed by atoms with E-state index in [4.69, 9.17) is 28.4 Å². The van der Waals surface area contributed by atoms with Crippen LogP contribution in [0.3, 0.4) is 0 Å². The van der Waals surface area contributed by atoms with Gasteiger partial charge in [0.15, 0.2) is 11.6 Å². The third-order valence-electron chi connectivity index (χ3n) is 7.60. The standard InChI is InChI=1S/C33H46O7/c1-25(34)18-20-32(3,4)33(36-6)19-10-13-30(40-33)21-31(38-23-28-14-16-29(35-5)17-15-28)26(2)39-24-37-22-27-11-8-7-9-12-27/h7-9,11-12,14-18,20,26,30-31H,10,13,19,21-24H2,1-6H3/b20-18+/t26-,30+,31-,33-/m1/s1. The minimum Gasteiger partial charge on any atom is -0.497 e. The van der Waals surface area contributed by atoms with Crippen molar-refractivity contribution in [3.63, 3.8) is 0 Å². The van der Waals surface area contributed by atoms with Crippen LogP contribution in [0, 0.1) is 5.41 Å².